The SMILES string of the molecule is CN(C)[n+]1cc(/N=C(/[O-])CSc2nc(N)c(C#N)c(-c3ccco3)c2C#N)on1. The van der Waals surface area contributed by atoms with Crippen LogP contribution in [-0.2, 0) is 0 Å². The summed E-state index contributed by atoms with van der Waals surface area (Å²) in [6, 6.07) is 7.19. The normalized spacial score (nSPS) is 11.1. The lowest BCUT2D eigenvalue weighted by atomic mass is 10.0. The number of nitrogen functional groups attached to an aromatic ring is 1. The van der Waals surface area contributed by atoms with Gasteiger partial charge in [0.1, 0.15) is 34.3 Å². The van der Waals surface area contributed by atoms with Crippen LogP contribution in [0, 0.1) is 22.7 Å². The smallest absolute Gasteiger partial charge is 0.324 e. The number of anilines is 1. The fourth-order valence-corrected chi connectivity index (χ4v) is 3.10. The van der Waals surface area contributed by atoms with Gasteiger partial charge < -0.3 is 15.3 Å². The predicted molar refractivity (Wildman–Crippen MR) is 100 cm³/mol. The highest BCUT2D eigenvalue weighted by Gasteiger charge is 2.22. The first-order chi connectivity index (χ1) is 13.9. The summed E-state index contributed by atoms with van der Waals surface area (Å²) in [5.41, 5.74) is 6.25. The van der Waals surface area contributed by atoms with Gasteiger partial charge >= 0.3 is 5.88 Å². The molecule has 0 bridgehead atoms. The number of nitrogens with zero attached hydrogens (tertiary/aromatic N) is 7. The number of furan rings is 1. The molecule has 0 aliphatic carbocycles. The second kappa shape index (κ2) is 8.33. The van der Waals surface area contributed by atoms with Crippen molar-refractivity contribution in [2.75, 3.05) is 30.6 Å². The summed E-state index contributed by atoms with van der Waals surface area (Å²) in [4.78, 5) is 9.28. The van der Waals surface area contributed by atoms with Gasteiger partial charge in [-0.15, -0.1) is 0 Å². The van der Waals surface area contributed by atoms with Crippen LogP contribution < -0.4 is 20.6 Å². The van der Waals surface area contributed by atoms with Crippen LogP contribution in [0.2, 0.25) is 0 Å². The molecule has 3 aromatic rings. The molecule has 0 aliphatic heterocycles. The summed E-state index contributed by atoms with van der Waals surface area (Å²) < 4.78 is 10.3. The zero-order valence-corrected chi connectivity index (χ0v) is 16.2. The Bertz CT molecular complexity index is 1140. The Morgan fingerprint density at radius 1 is 1.38 bits per heavy atom. The molecule has 0 saturated heterocycles. The number of aliphatic imine (C=N–C) groups is 1. The van der Waals surface area contributed by atoms with Crippen molar-refractivity contribution in [1.82, 2.24) is 10.3 Å². The second-order valence-corrected chi connectivity index (χ2v) is 6.69. The van der Waals surface area contributed by atoms with Gasteiger partial charge in [0.25, 0.3) is 6.20 Å². The Hall–Kier alpha value is -4.03. The fraction of sp³-hybridized carbons (Fsp3) is 0.176. The third kappa shape index (κ3) is 4.12. The van der Waals surface area contributed by atoms with Crippen LogP contribution in [0.25, 0.3) is 11.3 Å². The van der Waals surface area contributed by atoms with E-state index in [9.17, 15) is 15.6 Å². The van der Waals surface area contributed by atoms with Gasteiger partial charge in [0.2, 0.25) is 5.27 Å². The zero-order valence-electron chi connectivity index (χ0n) is 15.4. The summed E-state index contributed by atoms with van der Waals surface area (Å²) in [5.74, 6) is -0.376. The summed E-state index contributed by atoms with van der Waals surface area (Å²) in [6.45, 7) is 0. The van der Waals surface area contributed by atoms with Gasteiger partial charge in [0.05, 0.1) is 36.3 Å². The van der Waals surface area contributed by atoms with Crippen molar-refractivity contribution in [2.24, 2.45) is 4.99 Å². The van der Waals surface area contributed by atoms with Crippen molar-refractivity contribution in [1.29, 1.82) is 10.5 Å². The van der Waals surface area contributed by atoms with E-state index >= 15 is 0 Å². The Labute approximate surface area is 169 Å². The van der Waals surface area contributed by atoms with Crippen LogP contribution in [0.3, 0.4) is 0 Å². The lowest BCUT2D eigenvalue weighted by Crippen LogP contribution is -2.53. The summed E-state index contributed by atoms with van der Waals surface area (Å²) >= 11 is 0.970. The largest absolute Gasteiger partial charge is 0.861 e. The van der Waals surface area contributed by atoms with Gasteiger partial charge in [-0.1, -0.05) is 11.8 Å². The molecule has 3 aromatic heterocycles. The first-order valence-corrected chi connectivity index (χ1v) is 9.04. The van der Waals surface area contributed by atoms with Gasteiger partial charge in [-0.25, -0.2) is 9.98 Å². The molecule has 0 amide bonds. The molecule has 3 heterocycles. The van der Waals surface area contributed by atoms with Crippen molar-refractivity contribution in [2.45, 2.75) is 5.03 Å². The molecule has 12 heteroatoms. The van der Waals surface area contributed by atoms with E-state index in [0.29, 0.717) is 5.76 Å². The topological polar surface area (TPSA) is 168 Å². The van der Waals surface area contributed by atoms with E-state index in [-0.39, 0.29) is 39.2 Å². The number of thioether (sulfide) groups is 1. The average molecular weight is 410 g/mol. The standard InChI is InChI=1S/C17H14N8O3S/c1-24(2)25-8-14(28-23-25)21-13(26)9-29-17-11(7-19)15(12-4-3-5-27-12)10(6-18)16(20)22-17/h3-5,8H,9H2,1-2H3,(H2-,20,21,22,23,26). The minimum Gasteiger partial charge on any atom is -0.861 e. The first kappa shape index (κ1) is 19.7. The molecule has 146 valence electrons. The number of hydrogen-bond donors (Lipinski definition) is 1. The van der Waals surface area contributed by atoms with Crippen molar-refractivity contribution in [3.63, 3.8) is 0 Å². The van der Waals surface area contributed by atoms with Crippen LogP contribution in [0.1, 0.15) is 11.1 Å². The number of nitriles is 2. The summed E-state index contributed by atoms with van der Waals surface area (Å²) in [6.07, 6.45) is 2.86. The number of aromatic nitrogens is 3. The lowest BCUT2D eigenvalue weighted by Gasteiger charge is -2.12. The van der Waals surface area contributed by atoms with Gasteiger partial charge in [0.15, 0.2) is 0 Å². The maximum absolute atomic E-state index is 12.2. The lowest BCUT2D eigenvalue weighted by molar-refractivity contribution is -0.753. The molecule has 0 aromatic carbocycles. The van der Waals surface area contributed by atoms with E-state index in [1.807, 2.05) is 12.1 Å². The van der Waals surface area contributed by atoms with Crippen LogP contribution in [0.4, 0.5) is 11.7 Å². The first-order valence-electron chi connectivity index (χ1n) is 8.05. The van der Waals surface area contributed by atoms with Crippen molar-refractivity contribution < 1.29 is 18.8 Å². The summed E-state index contributed by atoms with van der Waals surface area (Å²) in [5, 5.41) is 36.7. The molecule has 0 saturated carbocycles. The van der Waals surface area contributed by atoms with Crippen LogP contribution in [0.5, 0.6) is 0 Å². The molecule has 0 atom stereocenters. The summed E-state index contributed by atoms with van der Waals surface area (Å²) in [7, 11) is 3.48. The van der Waals surface area contributed by atoms with Gasteiger partial charge in [-0.3, -0.25) is 4.52 Å². The minimum atomic E-state index is -0.523. The van der Waals surface area contributed by atoms with Crippen LogP contribution in [-0.4, -0.2) is 36.0 Å². The highest BCUT2D eigenvalue weighted by molar-refractivity contribution is 8.00. The molecule has 0 aliphatic rings. The van der Waals surface area contributed by atoms with E-state index in [1.165, 1.54) is 17.3 Å². The van der Waals surface area contributed by atoms with Gasteiger partial charge in [-0.2, -0.15) is 15.5 Å². The van der Waals surface area contributed by atoms with Crippen LogP contribution in [0.15, 0.2) is 43.6 Å². The Kier molecular flexibility index (Phi) is 5.66. The molecule has 0 fully saturated rings. The Morgan fingerprint density at radius 3 is 2.72 bits per heavy atom. The molecule has 29 heavy (non-hydrogen) atoms. The third-order valence-corrected chi connectivity index (χ3v) is 4.56. The van der Waals surface area contributed by atoms with E-state index in [4.69, 9.17) is 14.7 Å². The molecular weight excluding hydrogens is 396 g/mol. The number of hydrogen-bond acceptors (Lipinski definition) is 11. The molecule has 0 spiro atoms. The minimum absolute atomic E-state index is 0.0340. The second-order valence-electron chi connectivity index (χ2n) is 5.73. The number of nitrogens with two attached hydrogens (primary N) is 1. The third-order valence-electron chi connectivity index (χ3n) is 3.60. The van der Waals surface area contributed by atoms with E-state index in [0.717, 1.165) is 11.8 Å². The van der Waals surface area contributed by atoms with E-state index in [1.54, 1.807) is 31.2 Å². The van der Waals surface area contributed by atoms with Crippen molar-refractivity contribution in [3.05, 3.63) is 35.7 Å². The maximum atomic E-state index is 12.2. The van der Waals surface area contributed by atoms with E-state index in [2.05, 4.69) is 15.2 Å². The number of pyridine rings is 1. The Morgan fingerprint density at radius 2 is 2.14 bits per heavy atom. The number of rotatable bonds is 6. The molecular formula is C17H14N8O3S. The fourth-order valence-electron chi connectivity index (χ4n) is 2.32. The molecule has 0 radical (unpaired) electrons. The molecule has 3 rings (SSSR count). The van der Waals surface area contributed by atoms with Crippen molar-refractivity contribution >= 4 is 29.4 Å². The van der Waals surface area contributed by atoms with E-state index < -0.39 is 5.90 Å². The predicted octanol–water partition coefficient (Wildman–Crippen LogP) is 0.323. The highest BCUT2D eigenvalue weighted by Crippen LogP contribution is 2.35. The monoisotopic (exact) mass is 410 g/mol. The average Bonchev–Trinajstić information content (AvgIpc) is 3.37. The van der Waals surface area contributed by atoms with Gasteiger partial charge in [0, 0.05) is 5.75 Å². The molecule has 2 N–H and O–H groups in total. The zero-order chi connectivity index (χ0) is 21.0. The Balaban J connectivity index is 1.90. The molecule has 11 nitrogen and oxygen atoms in total. The van der Waals surface area contributed by atoms with Crippen molar-refractivity contribution in [3.8, 4) is 23.5 Å². The quantitative estimate of drug-likeness (QED) is 0.258. The maximum Gasteiger partial charge on any atom is 0.324 e. The highest BCUT2D eigenvalue weighted by atomic mass is 32.2. The van der Waals surface area contributed by atoms with Gasteiger partial charge in [-0.05, 0) is 18.0 Å². The van der Waals surface area contributed by atoms with Crippen LogP contribution >= 0.6 is 11.8 Å². The molecule has 0 unspecified atom stereocenters.